The fourth-order valence-corrected chi connectivity index (χ4v) is 2.70. The van der Waals surface area contributed by atoms with E-state index in [1.54, 1.807) is 12.4 Å². The van der Waals surface area contributed by atoms with E-state index in [9.17, 15) is 0 Å². The second-order valence-corrected chi connectivity index (χ2v) is 5.30. The number of nitrogens with two attached hydrogens (primary N) is 1. The maximum atomic E-state index is 6.22. The van der Waals surface area contributed by atoms with E-state index in [1.807, 2.05) is 6.07 Å². The molecule has 4 nitrogen and oxygen atoms in total. The molecule has 2 aromatic heterocycles. The fraction of sp³-hybridized carbons (Fsp3) is 0.417. The highest BCUT2D eigenvalue weighted by Gasteiger charge is 2.16. The van der Waals surface area contributed by atoms with Gasteiger partial charge in [-0.3, -0.25) is 4.98 Å². The number of rotatable bonds is 5. The number of halogens is 1. The van der Waals surface area contributed by atoms with Crippen LogP contribution in [0.5, 0.6) is 0 Å². The highest BCUT2D eigenvalue weighted by Crippen LogP contribution is 2.25. The summed E-state index contributed by atoms with van der Waals surface area (Å²) in [6, 6.07) is 1.79. The van der Waals surface area contributed by atoms with Crippen LogP contribution in [-0.2, 0) is 12.8 Å². The predicted octanol–water partition coefficient (Wildman–Crippen LogP) is 2.78. The molecule has 18 heavy (non-hydrogen) atoms. The number of hydrogen-bond acceptors (Lipinski definition) is 5. The molecule has 0 fully saturated rings. The lowest BCUT2D eigenvalue weighted by molar-refractivity contribution is 0.714. The van der Waals surface area contributed by atoms with Gasteiger partial charge in [0, 0.05) is 18.4 Å². The summed E-state index contributed by atoms with van der Waals surface area (Å²) in [6.07, 6.45) is 6.01. The molecule has 2 aromatic rings. The molecule has 0 amide bonds. The molecule has 0 radical (unpaired) electrons. The van der Waals surface area contributed by atoms with Crippen molar-refractivity contribution in [3.8, 4) is 0 Å². The molecule has 0 aliphatic rings. The molecule has 96 valence electrons. The Morgan fingerprint density at radius 3 is 3.06 bits per heavy atom. The van der Waals surface area contributed by atoms with E-state index in [1.165, 1.54) is 11.5 Å². The van der Waals surface area contributed by atoms with Crippen molar-refractivity contribution in [3.63, 3.8) is 0 Å². The lowest BCUT2D eigenvalue weighted by Crippen LogP contribution is -2.14. The molecule has 0 aliphatic heterocycles. The van der Waals surface area contributed by atoms with Gasteiger partial charge in [-0.15, -0.1) is 5.10 Å². The Labute approximate surface area is 115 Å². The minimum Gasteiger partial charge on any atom is -0.323 e. The van der Waals surface area contributed by atoms with Gasteiger partial charge in [0.15, 0.2) is 0 Å². The zero-order valence-corrected chi connectivity index (χ0v) is 11.7. The minimum absolute atomic E-state index is 0.105. The first-order chi connectivity index (χ1) is 8.72. The quantitative estimate of drug-likeness (QED) is 0.916. The van der Waals surface area contributed by atoms with Crippen LogP contribution in [0.1, 0.15) is 35.5 Å². The molecule has 6 heteroatoms. The molecule has 0 aliphatic carbocycles. The van der Waals surface area contributed by atoms with Gasteiger partial charge in [0.1, 0.15) is 0 Å². The highest BCUT2D eigenvalue weighted by atomic mass is 35.5. The molecule has 0 spiro atoms. The minimum atomic E-state index is -0.105. The van der Waals surface area contributed by atoms with E-state index in [-0.39, 0.29) is 6.04 Å². The summed E-state index contributed by atoms with van der Waals surface area (Å²) in [5, 5.41) is 4.79. The molecule has 1 atom stereocenters. The normalized spacial score (nSPS) is 12.6. The molecule has 1 unspecified atom stereocenters. The lowest BCUT2D eigenvalue weighted by Gasteiger charge is -2.11. The lowest BCUT2D eigenvalue weighted by atomic mass is 10.0. The number of aryl methyl sites for hydroxylation is 1. The number of hydrogen-bond donors (Lipinski definition) is 1. The third-order valence-electron chi connectivity index (χ3n) is 2.70. The van der Waals surface area contributed by atoms with Crippen LogP contribution in [0, 0.1) is 0 Å². The Balaban J connectivity index is 2.14. The van der Waals surface area contributed by atoms with Gasteiger partial charge in [0.05, 0.1) is 15.6 Å². The molecule has 0 saturated heterocycles. The molecular weight excluding hydrogens is 268 g/mol. The van der Waals surface area contributed by atoms with Crippen LogP contribution in [0.2, 0.25) is 5.02 Å². The van der Waals surface area contributed by atoms with Crippen LogP contribution in [0.4, 0.5) is 0 Å². The SMILES string of the molecule is CCCc1nnsc1C(N)Cc1ccncc1Cl. The summed E-state index contributed by atoms with van der Waals surface area (Å²) in [4.78, 5) is 5.03. The van der Waals surface area contributed by atoms with Crippen molar-refractivity contribution in [1.29, 1.82) is 0 Å². The monoisotopic (exact) mass is 282 g/mol. The van der Waals surface area contributed by atoms with Gasteiger partial charge in [-0.25, -0.2) is 0 Å². The highest BCUT2D eigenvalue weighted by molar-refractivity contribution is 7.05. The van der Waals surface area contributed by atoms with Crippen LogP contribution in [-0.4, -0.2) is 14.6 Å². The van der Waals surface area contributed by atoms with E-state index in [2.05, 4.69) is 21.5 Å². The number of nitrogens with zero attached hydrogens (tertiary/aromatic N) is 3. The first kappa shape index (κ1) is 13.4. The van der Waals surface area contributed by atoms with Crippen LogP contribution in [0.3, 0.4) is 0 Å². The third-order valence-corrected chi connectivity index (χ3v) is 3.94. The Morgan fingerprint density at radius 1 is 1.50 bits per heavy atom. The van der Waals surface area contributed by atoms with Crippen LogP contribution in [0.15, 0.2) is 18.5 Å². The van der Waals surface area contributed by atoms with E-state index in [0.717, 1.165) is 29.0 Å². The third kappa shape index (κ3) is 3.04. The van der Waals surface area contributed by atoms with Crippen molar-refractivity contribution in [2.24, 2.45) is 5.73 Å². The Bertz CT molecular complexity index is 514. The van der Waals surface area contributed by atoms with Gasteiger partial charge < -0.3 is 5.73 Å². The van der Waals surface area contributed by atoms with Crippen molar-refractivity contribution < 1.29 is 0 Å². The molecule has 0 saturated carbocycles. The van der Waals surface area contributed by atoms with E-state index >= 15 is 0 Å². The second-order valence-electron chi connectivity index (χ2n) is 4.11. The fourth-order valence-electron chi connectivity index (χ4n) is 1.81. The van der Waals surface area contributed by atoms with Crippen molar-refractivity contribution in [2.45, 2.75) is 32.2 Å². The standard InChI is InChI=1S/C12H15ClN4S/c1-2-3-11-12(18-17-16-11)10(14)6-8-4-5-15-7-9(8)13/h4-5,7,10H,2-3,6,14H2,1H3. The average molecular weight is 283 g/mol. The molecule has 2 rings (SSSR count). The smallest absolute Gasteiger partial charge is 0.0803 e. The molecular formula is C12H15ClN4S. The van der Waals surface area contributed by atoms with Gasteiger partial charge in [0.25, 0.3) is 0 Å². The first-order valence-electron chi connectivity index (χ1n) is 5.87. The summed E-state index contributed by atoms with van der Waals surface area (Å²) in [5.74, 6) is 0. The first-order valence-corrected chi connectivity index (χ1v) is 7.02. The van der Waals surface area contributed by atoms with Gasteiger partial charge >= 0.3 is 0 Å². The molecule has 0 aromatic carbocycles. The molecule has 2 N–H and O–H groups in total. The van der Waals surface area contributed by atoms with E-state index < -0.39 is 0 Å². The Morgan fingerprint density at radius 2 is 2.33 bits per heavy atom. The summed E-state index contributed by atoms with van der Waals surface area (Å²) < 4.78 is 3.99. The van der Waals surface area contributed by atoms with Crippen molar-refractivity contribution in [2.75, 3.05) is 0 Å². The van der Waals surface area contributed by atoms with Crippen molar-refractivity contribution in [1.82, 2.24) is 14.6 Å². The largest absolute Gasteiger partial charge is 0.323 e. The zero-order chi connectivity index (χ0) is 13.0. The van der Waals surface area contributed by atoms with E-state index in [0.29, 0.717) is 11.4 Å². The van der Waals surface area contributed by atoms with Gasteiger partial charge in [-0.05, 0) is 36.0 Å². The maximum absolute atomic E-state index is 6.22. The topological polar surface area (TPSA) is 64.7 Å². The summed E-state index contributed by atoms with van der Waals surface area (Å²) in [7, 11) is 0. The summed E-state index contributed by atoms with van der Waals surface area (Å²) >= 11 is 7.46. The number of pyridine rings is 1. The summed E-state index contributed by atoms with van der Waals surface area (Å²) in [5.41, 5.74) is 8.25. The summed E-state index contributed by atoms with van der Waals surface area (Å²) in [6.45, 7) is 2.12. The molecule has 2 heterocycles. The Hall–Kier alpha value is -1.04. The second kappa shape index (κ2) is 6.22. The van der Waals surface area contributed by atoms with Crippen molar-refractivity contribution in [3.05, 3.63) is 39.6 Å². The van der Waals surface area contributed by atoms with Crippen LogP contribution in [0.25, 0.3) is 0 Å². The van der Waals surface area contributed by atoms with Crippen molar-refractivity contribution >= 4 is 23.1 Å². The van der Waals surface area contributed by atoms with Gasteiger partial charge in [-0.1, -0.05) is 29.4 Å². The van der Waals surface area contributed by atoms with Gasteiger partial charge in [-0.2, -0.15) is 0 Å². The Kier molecular flexibility index (Phi) is 4.63. The average Bonchev–Trinajstić information content (AvgIpc) is 2.81. The van der Waals surface area contributed by atoms with Crippen LogP contribution >= 0.6 is 23.1 Å². The van der Waals surface area contributed by atoms with Crippen LogP contribution < -0.4 is 5.73 Å². The zero-order valence-electron chi connectivity index (χ0n) is 10.1. The number of aromatic nitrogens is 3. The van der Waals surface area contributed by atoms with Gasteiger partial charge in [0.2, 0.25) is 0 Å². The van der Waals surface area contributed by atoms with E-state index in [4.69, 9.17) is 17.3 Å². The maximum Gasteiger partial charge on any atom is 0.0803 e. The molecule has 0 bridgehead atoms. The predicted molar refractivity (Wildman–Crippen MR) is 73.8 cm³/mol.